The molecule has 1 aliphatic rings. The summed E-state index contributed by atoms with van der Waals surface area (Å²) in [7, 11) is 1.94. The van der Waals surface area contributed by atoms with E-state index in [0.29, 0.717) is 54.4 Å². The summed E-state index contributed by atoms with van der Waals surface area (Å²) in [4.78, 5) is 13.2. The van der Waals surface area contributed by atoms with Crippen LogP contribution in [0.4, 0.5) is 18.9 Å². The van der Waals surface area contributed by atoms with Crippen LogP contribution in [0, 0.1) is 0 Å². The first-order chi connectivity index (χ1) is 23.4. The van der Waals surface area contributed by atoms with Crippen molar-refractivity contribution in [1.82, 2.24) is 4.90 Å². The summed E-state index contributed by atoms with van der Waals surface area (Å²) in [6, 6.07) is 13.7. The number of nitrogens with zero attached hydrogens (tertiary/aromatic N) is 4. The number of halogens is 3. The van der Waals surface area contributed by atoms with Gasteiger partial charge >= 0.3 is 0 Å². The number of aliphatic imine (C=N–C) groups is 2. The largest absolute Gasteiger partial charge is 0.388 e. The predicted octanol–water partition coefficient (Wildman–Crippen LogP) is 8.25. The highest BCUT2D eigenvalue weighted by atomic mass is 19.3. The summed E-state index contributed by atoms with van der Waals surface area (Å²) in [6.45, 7) is 8.79. The second kappa shape index (κ2) is 19.5. The fourth-order valence-corrected chi connectivity index (χ4v) is 6.28. The minimum absolute atomic E-state index is 0.0361. The lowest BCUT2D eigenvalue weighted by Gasteiger charge is -2.32. The van der Waals surface area contributed by atoms with E-state index < -0.39 is 5.92 Å². The number of benzene rings is 2. The Morgan fingerprint density at radius 1 is 1.00 bits per heavy atom. The average molecular weight is 682 g/mol. The fourth-order valence-electron chi connectivity index (χ4n) is 6.28. The van der Waals surface area contributed by atoms with Gasteiger partial charge in [0.25, 0.3) is 5.92 Å². The molecule has 0 spiro atoms. The van der Waals surface area contributed by atoms with Gasteiger partial charge in [-0.1, -0.05) is 38.8 Å². The molecule has 0 amide bonds. The van der Waals surface area contributed by atoms with Crippen molar-refractivity contribution in [2.45, 2.75) is 103 Å². The van der Waals surface area contributed by atoms with Gasteiger partial charge in [0.2, 0.25) is 0 Å². The molecule has 49 heavy (non-hydrogen) atoms. The van der Waals surface area contributed by atoms with E-state index in [2.05, 4.69) is 53.0 Å². The second-order valence-electron chi connectivity index (χ2n) is 13.3. The quantitative estimate of drug-likeness (QED) is 0.0699. The number of aryl methyl sites for hydroxylation is 1. The van der Waals surface area contributed by atoms with Gasteiger partial charge in [0.1, 0.15) is 5.84 Å². The SMILES string of the molecule is CCCC(N)CCCc1cc(C2=C/C(=C/N(C)c3ccc(C(CCC)N(CCCF)CCCN=C(C)N)cc3)C(N)=N2)cc(C(C)(F)F)c1. The van der Waals surface area contributed by atoms with Crippen LogP contribution in [0.15, 0.2) is 70.3 Å². The van der Waals surface area contributed by atoms with E-state index in [4.69, 9.17) is 17.2 Å². The van der Waals surface area contributed by atoms with Gasteiger partial charge in [0, 0.05) is 74.3 Å². The van der Waals surface area contributed by atoms with Gasteiger partial charge in [-0.15, -0.1) is 0 Å². The van der Waals surface area contributed by atoms with Crippen molar-refractivity contribution in [3.8, 4) is 0 Å². The van der Waals surface area contributed by atoms with Gasteiger partial charge < -0.3 is 22.1 Å². The second-order valence-corrected chi connectivity index (χ2v) is 13.3. The Balaban J connectivity index is 1.81. The summed E-state index contributed by atoms with van der Waals surface area (Å²) < 4.78 is 42.3. The number of nitrogens with two attached hydrogens (primary N) is 3. The number of amidine groups is 2. The zero-order valence-electron chi connectivity index (χ0n) is 30.2. The molecule has 2 unspecified atom stereocenters. The van der Waals surface area contributed by atoms with Gasteiger partial charge in [-0.2, -0.15) is 0 Å². The minimum Gasteiger partial charge on any atom is -0.388 e. The first kappa shape index (κ1) is 39.8. The van der Waals surface area contributed by atoms with Crippen LogP contribution in [0.3, 0.4) is 0 Å². The zero-order valence-corrected chi connectivity index (χ0v) is 30.2. The first-order valence-corrected chi connectivity index (χ1v) is 17.8. The lowest BCUT2D eigenvalue weighted by molar-refractivity contribution is 0.0173. The smallest absolute Gasteiger partial charge is 0.270 e. The molecule has 3 rings (SSSR count). The number of hydrogen-bond donors (Lipinski definition) is 3. The van der Waals surface area contributed by atoms with Crippen LogP contribution in [-0.2, 0) is 12.3 Å². The number of anilines is 1. The molecule has 0 aromatic heterocycles. The summed E-state index contributed by atoms with van der Waals surface area (Å²) in [5.74, 6) is -2.08. The van der Waals surface area contributed by atoms with Crippen LogP contribution in [0.5, 0.6) is 0 Å². The average Bonchev–Trinajstić information content (AvgIpc) is 3.42. The molecule has 2 aromatic carbocycles. The highest BCUT2D eigenvalue weighted by Gasteiger charge is 2.26. The Morgan fingerprint density at radius 3 is 2.33 bits per heavy atom. The van der Waals surface area contributed by atoms with Crippen LogP contribution < -0.4 is 22.1 Å². The van der Waals surface area contributed by atoms with E-state index in [0.717, 1.165) is 69.7 Å². The van der Waals surface area contributed by atoms with Crippen molar-refractivity contribution < 1.29 is 13.2 Å². The topological polar surface area (TPSA) is 109 Å². The van der Waals surface area contributed by atoms with Gasteiger partial charge in [0.15, 0.2) is 0 Å². The van der Waals surface area contributed by atoms with Crippen molar-refractivity contribution >= 4 is 23.1 Å². The Hall–Kier alpha value is -3.63. The van der Waals surface area contributed by atoms with E-state index in [1.165, 1.54) is 11.6 Å². The molecule has 2 atom stereocenters. The Morgan fingerprint density at radius 2 is 1.69 bits per heavy atom. The molecule has 0 bridgehead atoms. The van der Waals surface area contributed by atoms with Crippen LogP contribution >= 0.6 is 0 Å². The molecule has 0 saturated heterocycles. The molecule has 6 N–H and O–H groups in total. The Kier molecular flexibility index (Phi) is 15.9. The molecule has 270 valence electrons. The number of hydrogen-bond acceptors (Lipinski definition) is 6. The zero-order chi connectivity index (χ0) is 36.0. The fraction of sp³-hybridized carbons (Fsp3) is 0.538. The van der Waals surface area contributed by atoms with Crippen LogP contribution in [0.25, 0.3) is 5.70 Å². The number of rotatable bonds is 21. The normalized spacial score (nSPS) is 15.9. The molecular weight excluding hydrogens is 623 g/mol. The van der Waals surface area contributed by atoms with E-state index in [9.17, 15) is 13.2 Å². The molecule has 0 saturated carbocycles. The van der Waals surface area contributed by atoms with E-state index in [-0.39, 0.29) is 24.3 Å². The lowest BCUT2D eigenvalue weighted by atomic mass is 9.96. The van der Waals surface area contributed by atoms with Crippen molar-refractivity contribution in [3.63, 3.8) is 0 Å². The summed E-state index contributed by atoms with van der Waals surface area (Å²) >= 11 is 0. The highest BCUT2D eigenvalue weighted by Crippen LogP contribution is 2.34. The molecule has 7 nitrogen and oxygen atoms in total. The highest BCUT2D eigenvalue weighted by molar-refractivity contribution is 6.08. The van der Waals surface area contributed by atoms with Crippen molar-refractivity contribution in [2.24, 2.45) is 27.2 Å². The lowest BCUT2D eigenvalue weighted by Crippen LogP contribution is -2.31. The summed E-state index contributed by atoms with van der Waals surface area (Å²) in [6.07, 6.45) is 11.4. The van der Waals surface area contributed by atoms with Gasteiger partial charge in [-0.3, -0.25) is 14.3 Å². The van der Waals surface area contributed by atoms with Crippen molar-refractivity contribution in [2.75, 3.05) is 38.3 Å². The third-order valence-corrected chi connectivity index (χ3v) is 8.89. The maximum Gasteiger partial charge on any atom is 0.270 e. The van der Waals surface area contributed by atoms with Crippen molar-refractivity contribution in [1.29, 1.82) is 0 Å². The predicted molar refractivity (Wildman–Crippen MR) is 201 cm³/mol. The van der Waals surface area contributed by atoms with E-state index in [1.807, 2.05) is 30.3 Å². The molecule has 1 aliphatic heterocycles. The molecular formula is C39H58F3N7. The van der Waals surface area contributed by atoms with Crippen LogP contribution in [0.1, 0.15) is 107 Å². The Labute approximate surface area is 292 Å². The van der Waals surface area contributed by atoms with E-state index in [1.54, 1.807) is 13.0 Å². The molecule has 0 fully saturated rings. The third kappa shape index (κ3) is 12.6. The molecule has 2 aromatic rings. The van der Waals surface area contributed by atoms with Gasteiger partial charge in [-0.05, 0) is 99.4 Å². The Bertz CT molecular complexity index is 1440. The number of alkyl halides is 3. The molecule has 1 heterocycles. The maximum atomic E-state index is 14.5. The van der Waals surface area contributed by atoms with Gasteiger partial charge in [0.05, 0.1) is 18.2 Å². The minimum atomic E-state index is -2.98. The van der Waals surface area contributed by atoms with Gasteiger partial charge in [-0.25, -0.2) is 13.8 Å². The summed E-state index contributed by atoms with van der Waals surface area (Å²) in [5, 5.41) is 0. The third-order valence-electron chi connectivity index (χ3n) is 8.89. The first-order valence-electron chi connectivity index (χ1n) is 17.8. The van der Waals surface area contributed by atoms with Crippen LogP contribution in [0.2, 0.25) is 0 Å². The molecule has 0 radical (unpaired) electrons. The standard InChI is InChI=1S/C39H58F3N7/c1-6-11-34(44)14-8-13-29-23-31(25-33(24-29)39(4,41)42)36-26-32(38(45)47-36)27-48(5)35-17-15-30(16-18-35)37(12-7-2)49(21-9-19-40)22-10-20-46-28(3)43/h15-18,23-27,34,37H,6-14,19-22,44H2,1-5H3,(H2,43,46)(H2,45,47)/b32-27-. The van der Waals surface area contributed by atoms with E-state index >= 15 is 0 Å². The molecule has 10 heteroatoms. The van der Waals surface area contributed by atoms with Crippen LogP contribution in [-0.4, -0.2) is 56.0 Å². The molecule has 0 aliphatic carbocycles. The summed E-state index contributed by atoms with van der Waals surface area (Å²) in [5.41, 5.74) is 23.1. The van der Waals surface area contributed by atoms with Crippen molar-refractivity contribution in [3.05, 3.63) is 82.6 Å². The monoisotopic (exact) mass is 681 g/mol. The maximum absolute atomic E-state index is 14.5.